The van der Waals surface area contributed by atoms with Gasteiger partial charge >= 0.3 is 0 Å². The molecule has 0 fully saturated rings. The van der Waals surface area contributed by atoms with E-state index in [1.165, 1.54) is 24.3 Å². The Kier molecular flexibility index (Phi) is 2.96. The van der Waals surface area contributed by atoms with Crippen molar-refractivity contribution in [1.29, 1.82) is 0 Å². The van der Waals surface area contributed by atoms with Crippen LogP contribution in [0.2, 0.25) is 0 Å². The summed E-state index contributed by atoms with van der Waals surface area (Å²) in [5, 5.41) is 18.9. The Hall–Kier alpha value is -2.17. The van der Waals surface area contributed by atoms with Crippen LogP contribution in [-0.4, -0.2) is 15.8 Å². The minimum Gasteiger partial charge on any atom is -0.515 e. The van der Waals surface area contributed by atoms with E-state index in [2.05, 4.69) is 0 Å². The van der Waals surface area contributed by atoms with Crippen LogP contribution in [-0.2, 0) is 0 Å². The van der Waals surface area contributed by atoms with Gasteiger partial charge in [0.1, 0.15) is 0 Å². The summed E-state index contributed by atoms with van der Waals surface area (Å²) in [5.41, 5.74) is -0.307. The van der Waals surface area contributed by atoms with E-state index in [0.29, 0.717) is 6.26 Å². The number of para-hydroxylation sites is 1. The lowest BCUT2D eigenvalue weighted by atomic mass is 10.1. The SMILES string of the molecule is O=C(C=CO)c1ccccc1[N+](=O)[O-]. The zero-order chi connectivity index (χ0) is 10.6. The maximum atomic E-state index is 11.2. The third-order valence-corrected chi connectivity index (χ3v) is 1.59. The van der Waals surface area contributed by atoms with Crippen LogP contribution in [0.1, 0.15) is 10.4 Å². The van der Waals surface area contributed by atoms with E-state index in [-0.39, 0.29) is 11.3 Å². The number of carbonyl (C=O) groups excluding carboxylic acids is 1. The fraction of sp³-hybridized carbons (Fsp3) is 0. The lowest BCUT2D eigenvalue weighted by molar-refractivity contribution is -0.385. The van der Waals surface area contributed by atoms with Crippen LogP contribution < -0.4 is 0 Å². The molecule has 1 N–H and O–H groups in total. The number of nitro groups is 1. The second-order valence-corrected chi connectivity index (χ2v) is 2.45. The molecule has 0 heterocycles. The van der Waals surface area contributed by atoms with E-state index >= 15 is 0 Å². The normalized spacial score (nSPS) is 10.3. The molecule has 0 amide bonds. The Morgan fingerprint density at radius 3 is 2.64 bits per heavy atom. The number of nitro benzene ring substituents is 1. The number of aliphatic hydroxyl groups is 1. The van der Waals surface area contributed by atoms with Crippen molar-refractivity contribution in [3.63, 3.8) is 0 Å². The number of carbonyl (C=O) groups is 1. The molecule has 0 aliphatic heterocycles. The van der Waals surface area contributed by atoms with E-state index in [1.807, 2.05) is 0 Å². The number of nitrogens with zero attached hydrogens (tertiary/aromatic N) is 1. The molecule has 1 rings (SSSR count). The van der Waals surface area contributed by atoms with Crippen LogP contribution in [0.15, 0.2) is 36.6 Å². The molecule has 1 aromatic rings. The average Bonchev–Trinajstić information content (AvgIpc) is 2.18. The molecule has 1 aromatic carbocycles. The van der Waals surface area contributed by atoms with E-state index in [9.17, 15) is 14.9 Å². The van der Waals surface area contributed by atoms with E-state index < -0.39 is 10.7 Å². The van der Waals surface area contributed by atoms with Gasteiger partial charge in [0.05, 0.1) is 16.7 Å². The molecule has 5 nitrogen and oxygen atoms in total. The Morgan fingerprint density at radius 2 is 2.07 bits per heavy atom. The van der Waals surface area contributed by atoms with Crippen molar-refractivity contribution in [2.24, 2.45) is 0 Å². The average molecular weight is 193 g/mol. The maximum Gasteiger partial charge on any atom is 0.280 e. The van der Waals surface area contributed by atoms with Gasteiger partial charge in [-0.15, -0.1) is 0 Å². The zero-order valence-electron chi connectivity index (χ0n) is 7.08. The Morgan fingerprint density at radius 1 is 1.43 bits per heavy atom. The summed E-state index contributed by atoms with van der Waals surface area (Å²) in [6, 6.07) is 5.56. The highest BCUT2D eigenvalue weighted by Gasteiger charge is 2.16. The third kappa shape index (κ3) is 1.95. The number of benzene rings is 1. The van der Waals surface area contributed by atoms with Crippen LogP contribution in [0.25, 0.3) is 0 Å². The Bertz CT molecular complexity index is 398. The topological polar surface area (TPSA) is 80.4 Å². The van der Waals surface area contributed by atoms with E-state index in [1.54, 1.807) is 0 Å². The van der Waals surface area contributed by atoms with Crippen LogP contribution in [0.5, 0.6) is 0 Å². The quantitative estimate of drug-likeness (QED) is 0.261. The van der Waals surface area contributed by atoms with Gasteiger partial charge in [0.2, 0.25) is 0 Å². The van der Waals surface area contributed by atoms with Gasteiger partial charge in [0, 0.05) is 12.1 Å². The second kappa shape index (κ2) is 4.18. The molecule has 0 aromatic heterocycles. The van der Waals surface area contributed by atoms with E-state index in [0.717, 1.165) is 6.08 Å². The molecule has 0 aliphatic rings. The Labute approximate surface area is 79.4 Å². The first-order valence-electron chi connectivity index (χ1n) is 3.75. The second-order valence-electron chi connectivity index (χ2n) is 2.45. The third-order valence-electron chi connectivity index (χ3n) is 1.59. The fourth-order valence-corrected chi connectivity index (χ4v) is 0.999. The molecule has 0 atom stereocenters. The van der Waals surface area contributed by atoms with Gasteiger partial charge in [-0.1, -0.05) is 12.1 Å². The van der Waals surface area contributed by atoms with Crippen LogP contribution in [0, 0.1) is 10.1 Å². The first-order valence-corrected chi connectivity index (χ1v) is 3.75. The fourth-order valence-electron chi connectivity index (χ4n) is 0.999. The highest BCUT2D eigenvalue weighted by Crippen LogP contribution is 2.18. The molecular formula is C9H7NO4. The summed E-state index contributed by atoms with van der Waals surface area (Å²) in [5.74, 6) is -0.597. The molecule has 0 saturated carbocycles. The summed E-state index contributed by atoms with van der Waals surface area (Å²) in [4.78, 5) is 21.1. The number of ketones is 1. The molecule has 0 bridgehead atoms. The summed E-state index contributed by atoms with van der Waals surface area (Å²) in [6.07, 6.45) is 1.42. The largest absolute Gasteiger partial charge is 0.515 e. The highest BCUT2D eigenvalue weighted by atomic mass is 16.6. The molecule has 0 spiro atoms. The highest BCUT2D eigenvalue weighted by molar-refractivity contribution is 6.07. The molecule has 0 aliphatic carbocycles. The minimum atomic E-state index is -0.640. The number of allylic oxidation sites excluding steroid dienone is 1. The number of hydrogen-bond donors (Lipinski definition) is 1. The summed E-state index contributed by atoms with van der Waals surface area (Å²) in [6.45, 7) is 0. The van der Waals surface area contributed by atoms with Gasteiger partial charge in [0.25, 0.3) is 5.69 Å². The summed E-state index contributed by atoms with van der Waals surface area (Å²) >= 11 is 0. The van der Waals surface area contributed by atoms with Crippen molar-refractivity contribution >= 4 is 11.5 Å². The predicted octanol–water partition coefficient (Wildman–Crippen LogP) is 1.85. The summed E-state index contributed by atoms with van der Waals surface area (Å²) in [7, 11) is 0. The molecule has 5 heteroatoms. The van der Waals surface area contributed by atoms with Gasteiger partial charge in [-0.05, 0) is 6.07 Å². The smallest absolute Gasteiger partial charge is 0.280 e. The monoisotopic (exact) mass is 193 g/mol. The standard InChI is InChI=1S/C9H7NO4/c11-6-5-9(12)7-3-1-2-4-8(7)10(13)14/h1-6,11H. The zero-order valence-corrected chi connectivity index (χ0v) is 7.08. The van der Waals surface area contributed by atoms with Crippen LogP contribution in [0.4, 0.5) is 5.69 Å². The first kappa shape index (κ1) is 9.91. The van der Waals surface area contributed by atoms with Gasteiger partial charge in [-0.3, -0.25) is 14.9 Å². The maximum absolute atomic E-state index is 11.2. The van der Waals surface area contributed by atoms with Crippen molar-refractivity contribution in [3.05, 3.63) is 52.3 Å². The minimum absolute atomic E-state index is 0.0391. The number of aliphatic hydroxyl groups excluding tert-OH is 1. The lowest BCUT2D eigenvalue weighted by Gasteiger charge is -1.96. The molecule has 14 heavy (non-hydrogen) atoms. The number of rotatable bonds is 3. The molecule has 0 unspecified atom stereocenters. The Balaban J connectivity index is 3.20. The van der Waals surface area contributed by atoms with Crippen molar-refractivity contribution in [2.45, 2.75) is 0 Å². The molecular weight excluding hydrogens is 186 g/mol. The number of hydrogen-bond acceptors (Lipinski definition) is 4. The van der Waals surface area contributed by atoms with Crippen LogP contribution >= 0.6 is 0 Å². The van der Waals surface area contributed by atoms with Crippen LogP contribution in [0.3, 0.4) is 0 Å². The van der Waals surface area contributed by atoms with Gasteiger partial charge < -0.3 is 5.11 Å². The van der Waals surface area contributed by atoms with Crippen molar-refractivity contribution in [3.8, 4) is 0 Å². The molecule has 0 radical (unpaired) electrons. The van der Waals surface area contributed by atoms with Gasteiger partial charge in [-0.2, -0.15) is 0 Å². The van der Waals surface area contributed by atoms with Gasteiger partial charge in [-0.25, -0.2) is 0 Å². The lowest BCUT2D eigenvalue weighted by Crippen LogP contribution is -2.00. The molecule has 72 valence electrons. The van der Waals surface area contributed by atoms with E-state index in [4.69, 9.17) is 5.11 Å². The predicted molar refractivity (Wildman–Crippen MR) is 49.2 cm³/mol. The van der Waals surface area contributed by atoms with Crippen molar-refractivity contribution in [1.82, 2.24) is 0 Å². The van der Waals surface area contributed by atoms with Crippen molar-refractivity contribution in [2.75, 3.05) is 0 Å². The summed E-state index contributed by atoms with van der Waals surface area (Å²) < 4.78 is 0. The van der Waals surface area contributed by atoms with Gasteiger partial charge in [0.15, 0.2) is 5.78 Å². The first-order chi connectivity index (χ1) is 6.66. The molecule has 0 saturated heterocycles. The van der Waals surface area contributed by atoms with Crippen molar-refractivity contribution < 1.29 is 14.8 Å².